The maximum absolute atomic E-state index is 13.0. The summed E-state index contributed by atoms with van der Waals surface area (Å²) < 4.78 is 48.8. The van der Waals surface area contributed by atoms with Gasteiger partial charge in [-0.15, -0.1) is 0 Å². The summed E-state index contributed by atoms with van der Waals surface area (Å²) in [6.07, 6.45) is -6.06. The molecule has 0 aliphatic carbocycles. The Hall–Kier alpha value is -3.63. The van der Waals surface area contributed by atoms with Crippen molar-refractivity contribution >= 4 is 23.3 Å². The van der Waals surface area contributed by atoms with Gasteiger partial charge in [-0.05, 0) is 31.2 Å². The summed E-state index contributed by atoms with van der Waals surface area (Å²) in [5, 5.41) is 13.3. The number of anilines is 1. The number of nitrogens with one attached hydrogen (secondary N) is 1. The van der Waals surface area contributed by atoms with Crippen molar-refractivity contribution in [2.45, 2.75) is 19.2 Å². The van der Waals surface area contributed by atoms with E-state index in [4.69, 9.17) is 4.74 Å². The molecule has 2 rings (SSSR count). The average Bonchev–Trinajstić information content (AvgIpc) is 2.66. The second-order valence-electron chi connectivity index (χ2n) is 5.72. The van der Waals surface area contributed by atoms with Crippen LogP contribution in [0.3, 0.4) is 0 Å². The highest BCUT2D eigenvalue weighted by molar-refractivity contribution is 5.95. The highest BCUT2D eigenvalue weighted by Crippen LogP contribution is 2.35. The Morgan fingerprint density at radius 2 is 1.83 bits per heavy atom. The van der Waals surface area contributed by atoms with Crippen LogP contribution < -0.4 is 10.1 Å². The van der Waals surface area contributed by atoms with E-state index in [1.807, 2.05) is 0 Å². The third-order valence-electron chi connectivity index (χ3n) is 3.74. The Balaban J connectivity index is 2.22. The lowest BCUT2D eigenvalue weighted by Gasteiger charge is -2.17. The summed E-state index contributed by atoms with van der Waals surface area (Å²) in [4.78, 5) is 34.2. The van der Waals surface area contributed by atoms with E-state index in [2.05, 4.69) is 10.1 Å². The molecule has 0 bridgehead atoms. The topological polar surface area (TPSA) is 108 Å². The molecule has 0 saturated heterocycles. The molecule has 29 heavy (non-hydrogen) atoms. The number of carbonyl (C=O) groups excluding carboxylic acids is 2. The Labute approximate surface area is 162 Å². The molecule has 2 aromatic carbocycles. The summed E-state index contributed by atoms with van der Waals surface area (Å²) in [5.74, 6) is -2.10. The molecule has 8 nitrogen and oxygen atoms in total. The average molecular weight is 412 g/mol. The molecule has 154 valence electrons. The number of amides is 1. The predicted octanol–water partition coefficient (Wildman–Crippen LogP) is 3.81. The maximum atomic E-state index is 13.0. The molecule has 0 aliphatic heterocycles. The highest BCUT2D eigenvalue weighted by Gasteiger charge is 2.34. The first-order chi connectivity index (χ1) is 13.5. The Morgan fingerprint density at radius 3 is 2.41 bits per heavy atom. The fraction of sp³-hybridized carbons (Fsp3) is 0.222. The molecule has 1 atom stereocenters. The van der Waals surface area contributed by atoms with Crippen molar-refractivity contribution in [1.29, 1.82) is 0 Å². The van der Waals surface area contributed by atoms with Crippen LogP contribution >= 0.6 is 0 Å². The summed E-state index contributed by atoms with van der Waals surface area (Å²) in [7, 11) is 1.10. The molecule has 0 unspecified atom stereocenters. The first-order valence-electron chi connectivity index (χ1n) is 8.05. The van der Waals surface area contributed by atoms with Crippen LogP contribution in [-0.2, 0) is 15.7 Å². The van der Waals surface area contributed by atoms with Crippen LogP contribution in [0.25, 0.3) is 0 Å². The van der Waals surface area contributed by atoms with Crippen molar-refractivity contribution in [2.24, 2.45) is 0 Å². The third-order valence-corrected chi connectivity index (χ3v) is 3.74. The molecule has 2 aromatic rings. The van der Waals surface area contributed by atoms with Crippen molar-refractivity contribution in [2.75, 3.05) is 12.4 Å². The molecule has 1 amide bonds. The molecule has 0 saturated carbocycles. The number of nitro groups is 1. The summed E-state index contributed by atoms with van der Waals surface area (Å²) >= 11 is 0. The van der Waals surface area contributed by atoms with Gasteiger partial charge in [-0.1, -0.05) is 12.1 Å². The fourth-order valence-corrected chi connectivity index (χ4v) is 2.32. The van der Waals surface area contributed by atoms with E-state index in [-0.39, 0.29) is 11.3 Å². The SMILES string of the molecule is COC(=O)c1ccc(O[C@H](C)C(=O)Nc2ccccc2C(F)(F)F)c([N+](=O)[O-])c1. The van der Waals surface area contributed by atoms with Crippen molar-refractivity contribution in [3.63, 3.8) is 0 Å². The maximum Gasteiger partial charge on any atom is 0.418 e. The van der Waals surface area contributed by atoms with E-state index < -0.39 is 46.0 Å². The van der Waals surface area contributed by atoms with Gasteiger partial charge in [0.05, 0.1) is 28.8 Å². The summed E-state index contributed by atoms with van der Waals surface area (Å²) in [6.45, 7) is 1.21. The van der Waals surface area contributed by atoms with Gasteiger partial charge in [-0.25, -0.2) is 4.79 Å². The van der Waals surface area contributed by atoms with Gasteiger partial charge in [-0.3, -0.25) is 14.9 Å². The number of halogens is 3. The minimum absolute atomic E-state index is 0.109. The van der Waals surface area contributed by atoms with E-state index in [0.717, 1.165) is 31.4 Å². The van der Waals surface area contributed by atoms with Crippen molar-refractivity contribution < 1.29 is 37.2 Å². The van der Waals surface area contributed by atoms with Crippen molar-refractivity contribution in [3.05, 3.63) is 63.7 Å². The molecular weight excluding hydrogens is 397 g/mol. The van der Waals surface area contributed by atoms with Gasteiger partial charge >= 0.3 is 17.8 Å². The number of nitrogens with zero attached hydrogens (tertiary/aromatic N) is 1. The first-order valence-corrected chi connectivity index (χ1v) is 8.05. The highest BCUT2D eigenvalue weighted by atomic mass is 19.4. The van der Waals surface area contributed by atoms with Gasteiger partial charge in [0.2, 0.25) is 0 Å². The zero-order valence-corrected chi connectivity index (χ0v) is 15.1. The van der Waals surface area contributed by atoms with Crippen LogP contribution in [0.2, 0.25) is 0 Å². The molecule has 0 fully saturated rings. The van der Waals surface area contributed by atoms with E-state index in [0.29, 0.717) is 0 Å². The number of rotatable bonds is 6. The molecule has 0 aliphatic rings. The summed E-state index contributed by atoms with van der Waals surface area (Å²) in [5.41, 5.74) is -2.24. The van der Waals surface area contributed by atoms with Crippen LogP contribution in [0.5, 0.6) is 5.75 Å². The Bertz CT molecular complexity index is 945. The normalized spacial score (nSPS) is 12.0. The molecule has 0 aromatic heterocycles. The Morgan fingerprint density at radius 1 is 1.17 bits per heavy atom. The Kier molecular flexibility index (Phi) is 6.42. The lowest BCUT2D eigenvalue weighted by atomic mass is 10.1. The van der Waals surface area contributed by atoms with Crippen molar-refractivity contribution in [3.8, 4) is 5.75 Å². The van der Waals surface area contributed by atoms with Gasteiger partial charge in [0.15, 0.2) is 11.9 Å². The number of esters is 1. The predicted molar refractivity (Wildman–Crippen MR) is 94.6 cm³/mol. The van der Waals surface area contributed by atoms with Crippen LogP contribution in [0, 0.1) is 10.1 Å². The first kappa shape index (κ1) is 21.7. The zero-order chi connectivity index (χ0) is 21.8. The molecule has 1 N–H and O–H groups in total. The molecule has 11 heteroatoms. The largest absolute Gasteiger partial charge is 0.474 e. The van der Waals surface area contributed by atoms with Gasteiger partial charge in [0.1, 0.15) is 0 Å². The van der Waals surface area contributed by atoms with E-state index in [1.54, 1.807) is 0 Å². The number of alkyl halides is 3. The monoisotopic (exact) mass is 412 g/mol. The van der Waals surface area contributed by atoms with Gasteiger partial charge < -0.3 is 14.8 Å². The van der Waals surface area contributed by atoms with Gasteiger partial charge in [0, 0.05) is 6.07 Å². The fourth-order valence-electron chi connectivity index (χ4n) is 2.32. The minimum Gasteiger partial charge on any atom is -0.474 e. The number of methoxy groups -OCH3 is 1. The van der Waals surface area contributed by atoms with Crippen LogP contribution in [-0.4, -0.2) is 30.0 Å². The lowest BCUT2D eigenvalue weighted by Crippen LogP contribution is -2.31. The quantitative estimate of drug-likeness (QED) is 0.439. The number of carbonyl (C=O) groups is 2. The van der Waals surface area contributed by atoms with E-state index in [1.165, 1.54) is 25.1 Å². The third kappa shape index (κ3) is 5.21. The number of ether oxygens (including phenoxy) is 2. The molecular formula is C18H15F3N2O6. The number of hydrogen-bond donors (Lipinski definition) is 1. The standard InChI is InChI=1S/C18H15F3N2O6/c1-10(16(24)22-13-6-4-3-5-12(13)18(19,20)21)29-15-8-7-11(17(25)28-2)9-14(15)23(26)27/h3-10H,1-2H3,(H,22,24)/t10-/m1/s1. The number of para-hydroxylation sites is 1. The van der Waals surface area contributed by atoms with Gasteiger partial charge in [-0.2, -0.15) is 13.2 Å². The van der Waals surface area contributed by atoms with E-state index in [9.17, 15) is 32.9 Å². The second kappa shape index (κ2) is 8.59. The van der Waals surface area contributed by atoms with Crippen LogP contribution in [0.15, 0.2) is 42.5 Å². The zero-order valence-electron chi connectivity index (χ0n) is 15.1. The number of hydrogen-bond acceptors (Lipinski definition) is 6. The molecule has 0 radical (unpaired) electrons. The summed E-state index contributed by atoms with van der Waals surface area (Å²) in [6, 6.07) is 7.55. The molecule has 0 spiro atoms. The smallest absolute Gasteiger partial charge is 0.418 e. The van der Waals surface area contributed by atoms with Crippen molar-refractivity contribution in [1.82, 2.24) is 0 Å². The van der Waals surface area contributed by atoms with E-state index >= 15 is 0 Å². The molecule has 0 heterocycles. The van der Waals surface area contributed by atoms with Crippen LogP contribution in [0.4, 0.5) is 24.5 Å². The minimum atomic E-state index is -4.68. The second-order valence-corrected chi connectivity index (χ2v) is 5.72. The lowest BCUT2D eigenvalue weighted by molar-refractivity contribution is -0.386. The number of nitro benzene ring substituents is 1. The van der Waals surface area contributed by atoms with Crippen LogP contribution in [0.1, 0.15) is 22.8 Å². The van der Waals surface area contributed by atoms with Gasteiger partial charge in [0.25, 0.3) is 5.91 Å². The number of benzene rings is 2.